The number of aliphatic carboxylic acids is 1. The Balaban J connectivity index is 0.000000317. The molecule has 32 nitrogen and oxygen atoms in total. The smallest absolute Gasteiger partial charge is 0.407 e. The maximum Gasteiger partial charge on any atom is 0.407 e. The molecule has 9 atom stereocenters. The van der Waals surface area contributed by atoms with Gasteiger partial charge < -0.3 is 118 Å². The number of hydrogen-bond donors (Lipinski definition) is 10. The van der Waals surface area contributed by atoms with Crippen molar-refractivity contribution < 1.29 is 135 Å². The quantitative estimate of drug-likeness (QED) is 0.00835. The van der Waals surface area contributed by atoms with Crippen molar-refractivity contribution >= 4 is 82.9 Å². The summed E-state index contributed by atoms with van der Waals surface area (Å²) in [6, 6.07) is 63.5. The van der Waals surface area contributed by atoms with Crippen molar-refractivity contribution in [2.24, 2.45) is 0 Å². The summed E-state index contributed by atoms with van der Waals surface area (Å²) in [4.78, 5) is 84.5. The lowest BCUT2D eigenvalue weighted by atomic mass is 9.98. The molecule has 6 aliphatic heterocycles. The maximum atomic E-state index is 12.9. The minimum Gasteiger partial charge on any atom is -0.480 e. The maximum absolute atomic E-state index is 12.9. The molecule has 3 amide bonds. The molecule has 9 aliphatic rings. The third-order valence-corrected chi connectivity index (χ3v) is 23.5. The Morgan fingerprint density at radius 3 is 0.871 bits per heavy atom. The fourth-order valence-corrected chi connectivity index (χ4v) is 16.2. The molecule has 147 heavy (non-hydrogen) atoms. The number of hydrogen-bond acceptors (Lipinski definition) is 28. The highest BCUT2D eigenvalue weighted by molar-refractivity contribution is 6.76. The van der Waals surface area contributed by atoms with E-state index in [1.165, 1.54) is 6.92 Å². The first kappa shape index (κ1) is 127. The van der Waals surface area contributed by atoms with Gasteiger partial charge in [-0.3, -0.25) is 10.2 Å². The molecule has 3 aliphatic carbocycles. The second kappa shape index (κ2) is 74.2. The Kier molecular flexibility index (Phi) is 64.0. The van der Waals surface area contributed by atoms with E-state index in [0.717, 1.165) is 228 Å². The van der Waals surface area contributed by atoms with E-state index < -0.39 is 96.2 Å². The van der Waals surface area contributed by atoms with Gasteiger partial charge in [-0.2, -0.15) is 0 Å². The van der Waals surface area contributed by atoms with Crippen molar-refractivity contribution in [3.05, 3.63) is 251 Å². The first-order chi connectivity index (χ1) is 71.6. The number of carbonyl (C=O) groups excluding carboxylic acids is 6. The lowest BCUT2D eigenvalue weighted by Gasteiger charge is -2.25. The van der Waals surface area contributed by atoms with Gasteiger partial charge in [-0.1, -0.05) is 296 Å². The van der Waals surface area contributed by atoms with Crippen LogP contribution >= 0.6 is 34.8 Å². The van der Waals surface area contributed by atoms with Crippen LogP contribution in [0.3, 0.4) is 0 Å². The molecular formula is C112H153Cl3N4O28. The minimum absolute atomic E-state index is 0.0581. The zero-order valence-corrected chi connectivity index (χ0v) is 88.8. The zero-order chi connectivity index (χ0) is 108. The van der Waals surface area contributed by atoms with E-state index in [0.29, 0.717) is 19.8 Å². The number of rotatable bonds is 25. The molecule has 17 rings (SSSR count). The average Bonchev–Trinajstić information content (AvgIpc) is 1.62. The number of carboxylic acids is 1. The van der Waals surface area contributed by atoms with E-state index in [1.807, 2.05) is 213 Å². The van der Waals surface area contributed by atoms with Crippen LogP contribution < -0.4 is 16.0 Å². The van der Waals surface area contributed by atoms with Crippen molar-refractivity contribution in [2.75, 3.05) is 93.5 Å². The summed E-state index contributed by atoms with van der Waals surface area (Å²) in [6.07, 6.45) is 12.5. The molecule has 10 N–H and O–H groups in total. The molecule has 8 aromatic carbocycles. The third-order valence-electron chi connectivity index (χ3n) is 23.0. The summed E-state index contributed by atoms with van der Waals surface area (Å²) >= 11 is 16.3. The van der Waals surface area contributed by atoms with E-state index >= 15 is 0 Å². The summed E-state index contributed by atoms with van der Waals surface area (Å²) in [6.45, 7) is 21.2. The Labute approximate surface area is 880 Å². The normalized spacial score (nSPS) is 18.3. The van der Waals surface area contributed by atoms with Crippen LogP contribution in [0.5, 0.6) is 0 Å². The molecule has 8 aromatic rings. The van der Waals surface area contributed by atoms with Crippen molar-refractivity contribution in [2.45, 2.75) is 269 Å². The largest absolute Gasteiger partial charge is 0.480 e. The Morgan fingerprint density at radius 2 is 0.612 bits per heavy atom. The number of benzene rings is 8. The summed E-state index contributed by atoms with van der Waals surface area (Å²) in [5.41, 5.74) is 15.1. The van der Waals surface area contributed by atoms with E-state index in [-0.39, 0.29) is 82.2 Å². The number of aliphatic hydroxyl groups is 5. The molecule has 6 fully saturated rings. The fourth-order valence-electron chi connectivity index (χ4n) is 16.1. The molecule has 35 heteroatoms. The number of carboxylic acid groups (broad SMARTS) is 1. The molecule has 0 radical (unpaired) electrons. The molecule has 0 aromatic heterocycles. The SMILES string of the molecule is CC.CC.CC.CC.CC(=O)O[C@H]1CCCCO1.CO.CO.N=C(O[C@H]1CCCCO1)C(Cl)(Cl)Cl.O=C(NC(CO[C@H]1CCCCO1)C(=O)O)OCC1c2ccccc2-c2ccccc21.O=C(NC(CO[C@H]1CCCCO1)C(=O)OCc1ccccc1)OCC1c2ccccc2-c2ccccc21.O=C(N[C@@H](CO)C(=O)OCc1ccccc1)OCC1c2ccccc2-c2ccccc21.O[C@H]1CCCCO1.O[C@H]1CCCCO1. The van der Waals surface area contributed by atoms with Crippen molar-refractivity contribution in [3.8, 4) is 33.4 Å². The Morgan fingerprint density at radius 1 is 0.354 bits per heavy atom. The van der Waals surface area contributed by atoms with Gasteiger partial charge in [-0.25, -0.2) is 28.8 Å². The van der Waals surface area contributed by atoms with Gasteiger partial charge in [-0.05, 0) is 181 Å². The number of fused-ring (bicyclic) bond motifs is 9. The minimum atomic E-state index is -1.79. The van der Waals surface area contributed by atoms with Crippen LogP contribution in [0.4, 0.5) is 14.4 Å². The monoisotopic (exact) mass is 2110 g/mol. The molecule has 0 spiro atoms. The molecule has 2 unspecified atom stereocenters. The number of aliphatic hydroxyl groups excluding tert-OH is 5. The summed E-state index contributed by atoms with van der Waals surface area (Å²) in [7, 11) is 2.00. The topological polar surface area (TPSA) is 439 Å². The first-order valence-corrected chi connectivity index (χ1v) is 52.0. The first-order valence-electron chi connectivity index (χ1n) is 50.8. The van der Waals surface area contributed by atoms with Crippen LogP contribution in [0.25, 0.3) is 33.4 Å². The average molecular weight is 2110 g/mol. The summed E-state index contributed by atoms with van der Waals surface area (Å²) in [5.74, 6) is -3.38. The number of alkyl halides is 3. The number of ether oxygens (including phenoxy) is 15. The van der Waals surface area contributed by atoms with Crippen LogP contribution in [0.2, 0.25) is 0 Å². The van der Waals surface area contributed by atoms with Crippen LogP contribution in [0.15, 0.2) is 206 Å². The summed E-state index contributed by atoms with van der Waals surface area (Å²) < 4.78 is 77.5. The van der Waals surface area contributed by atoms with Crippen molar-refractivity contribution in [1.29, 1.82) is 5.41 Å². The van der Waals surface area contributed by atoms with Gasteiger partial charge in [0.2, 0.25) is 18.5 Å². The van der Waals surface area contributed by atoms with Crippen LogP contribution in [-0.2, 0) is 103 Å². The highest BCUT2D eigenvalue weighted by atomic mass is 35.6. The van der Waals surface area contributed by atoms with Crippen LogP contribution in [0.1, 0.15) is 240 Å². The van der Waals surface area contributed by atoms with E-state index in [9.17, 15) is 43.8 Å². The highest BCUT2D eigenvalue weighted by Crippen LogP contribution is 2.48. The lowest BCUT2D eigenvalue weighted by Crippen LogP contribution is -2.46. The number of nitrogens with one attached hydrogen (secondary N) is 4. The van der Waals surface area contributed by atoms with Gasteiger partial charge in [0.15, 0.2) is 43.3 Å². The molecule has 6 heterocycles. The van der Waals surface area contributed by atoms with Gasteiger partial charge in [0.1, 0.15) is 33.0 Å². The number of carbonyl (C=O) groups is 7. The van der Waals surface area contributed by atoms with Gasteiger partial charge in [0.05, 0.1) is 33.0 Å². The number of amides is 3. The van der Waals surface area contributed by atoms with E-state index in [4.69, 9.17) is 132 Å². The number of alkyl carbamates (subject to hydrolysis) is 3. The molecule has 810 valence electrons. The summed E-state index contributed by atoms with van der Waals surface area (Å²) in [5, 5.41) is 65.0. The lowest BCUT2D eigenvalue weighted by molar-refractivity contribution is -0.184. The van der Waals surface area contributed by atoms with Gasteiger partial charge in [-0.15, -0.1) is 0 Å². The zero-order valence-electron chi connectivity index (χ0n) is 86.5. The van der Waals surface area contributed by atoms with Gasteiger partial charge in [0, 0.05) is 78.2 Å². The molecule has 0 bridgehead atoms. The van der Waals surface area contributed by atoms with E-state index in [2.05, 4.69) is 64.5 Å². The Bertz CT molecular complexity index is 4860. The standard InChI is InChI=1S/C30H31NO6.C25H23NO5.C23H25NO6.C7H10Cl3NO2.C7H12O3.2C5H10O2.4C2H6.2CH4O/c32-29(36-18-21-10-2-1-3-11-21)27(20-35-28-16-8-9-17-34-28)31-30(33)37-19-26-24-14-6-4-12-22(24)23-13-5-7-15-25(23)26;27-14-23(24(28)30-15-17-8-2-1-3-9-17)26-25(29)31-16-22-20-12-6-4-10-18(20)19-11-5-7-13-21(19)22;25-22(26)20(14-29-21-11-5-6-12-28-21)24-23(27)30-13-19-17-9-3-1-7-15(17)16-8-2-4-10-18(16)19;8-7(9,10)6(11)13-5-3-1-2-4-12-5;1-6(8)10-7-4-2-3-5-9-7;2*6-5-3-1-2-4-7-5;6*1-2/h1-7,10-15,26-28H,8-9,16-20H2,(H,31,33);1-13,22-23,27H,14-16H2,(H,26,29);1-4,7-10,19-21H,5-6,11-14H2,(H,24,27)(H,25,26);5,11H,1-4H2;7H,2-5H2,1H3;2*5-6H,1-4H2;4*1-2H3;2*2H,1H3/t27?,28-;23-;20?,21-;5-;7-;2*5-;;;;;;/m0000011....../s1. The number of esters is 3. The molecular weight excluding hydrogens is 1960 g/mol. The predicted molar refractivity (Wildman–Crippen MR) is 564 cm³/mol. The Hall–Kier alpha value is -10.7. The molecule has 0 saturated carbocycles. The van der Waals surface area contributed by atoms with Crippen LogP contribution in [-0.4, -0.2) is 232 Å². The predicted octanol–water partition coefficient (Wildman–Crippen LogP) is 20.6. The molecule has 6 saturated heterocycles. The third kappa shape index (κ3) is 45.3. The van der Waals surface area contributed by atoms with Crippen molar-refractivity contribution in [3.63, 3.8) is 0 Å². The van der Waals surface area contributed by atoms with Crippen molar-refractivity contribution in [1.82, 2.24) is 16.0 Å². The fraction of sp³-hybridized carbons (Fsp3) is 0.500. The second-order valence-corrected chi connectivity index (χ2v) is 35.1. The second-order valence-electron chi connectivity index (χ2n) is 32.8. The highest BCUT2D eigenvalue weighted by Gasteiger charge is 2.37. The van der Waals surface area contributed by atoms with Gasteiger partial charge in [0.25, 0.3) is 3.79 Å². The van der Waals surface area contributed by atoms with E-state index in [1.54, 1.807) is 0 Å². The van der Waals surface area contributed by atoms with Gasteiger partial charge >= 0.3 is 42.2 Å². The van der Waals surface area contributed by atoms with Crippen LogP contribution in [0, 0.1) is 5.41 Å². The number of halogens is 3.